The molecule has 0 saturated carbocycles. The van der Waals surface area contributed by atoms with Crippen molar-refractivity contribution in [2.75, 3.05) is 40.9 Å². The van der Waals surface area contributed by atoms with Crippen molar-refractivity contribution in [3.8, 4) is 17.2 Å². The molecule has 1 aliphatic rings. The largest absolute Gasteiger partial charge is 0.493 e. The van der Waals surface area contributed by atoms with E-state index in [0.29, 0.717) is 13.2 Å². The summed E-state index contributed by atoms with van der Waals surface area (Å²) in [4.78, 5) is 2.12. The molecule has 3 aromatic rings. The van der Waals surface area contributed by atoms with Gasteiger partial charge >= 0.3 is 0 Å². The van der Waals surface area contributed by atoms with Crippen molar-refractivity contribution in [1.29, 1.82) is 0 Å². The van der Waals surface area contributed by atoms with Crippen LogP contribution in [0.25, 0.3) is 0 Å². The lowest BCUT2D eigenvalue weighted by Crippen LogP contribution is -2.31. The minimum atomic E-state index is 0.0375. The summed E-state index contributed by atoms with van der Waals surface area (Å²) >= 11 is 0. The zero-order valence-corrected chi connectivity index (χ0v) is 19.1. The fraction of sp³-hybridized carbons (Fsp3) is 0.333. The van der Waals surface area contributed by atoms with Gasteiger partial charge in [-0.25, -0.2) is 0 Å². The van der Waals surface area contributed by atoms with E-state index in [-0.39, 0.29) is 6.04 Å². The van der Waals surface area contributed by atoms with Gasteiger partial charge in [-0.05, 0) is 55.4 Å². The maximum atomic E-state index is 6.32. The predicted octanol–water partition coefficient (Wildman–Crippen LogP) is 4.45. The van der Waals surface area contributed by atoms with Crippen molar-refractivity contribution in [3.05, 3.63) is 89.0 Å². The molecule has 1 heterocycles. The number of nitrogens with one attached hydrogen (secondary N) is 1. The first kappa shape index (κ1) is 22.2. The average Bonchev–Trinajstić information content (AvgIpc) is 2.82. The number of likely N-dealkylation sites (N-methyl/N-ethyl adjacent to an activating group) is 1. The van der Waals surface area contributed by atoms with Crippen molar-refractivity contribution < 1.29 is 14.2 Å². The van der Waals surface area contributed by atoms with E-state index in [0.717, 1.165) is 47.9 Å². The van der Waals surface area contributed by atoms with Gasteiger partial charge in [-0.2, -0.15) is 0 Å². The third kappa shape index (κ3) is 5.23. The first-order valence-corrected chi connectivity index (χ1v) is 11.1. The maximum Gasteiger partial charge on any atom is 0.166 e. The highest BCUT2D eigenvalue weighted by Crippen LogP contribution is 2.40. The third-order valence-corrected chi connectivity index (χ3v) is 5.74. The minimum absolute atomic E-state index is 0.0375. The lowest BCUT2D eigenvalue weighted by atomic mass is 9.89. The summed E-state index contributed by atoms with van der Waals surface area (Å²) in [5.74, 6) is 2.46. The summed E-state index contributed by atoms with van der Waals surface area (Å²) in [6.07, 6.45) is 0.973. The van der Waals surface area contributed by atoms with Gasteiger partial charge in [-0.3, -0.25) is 0 Å². The number of para-hydroxylation sites is 1. The third-order valence-electron chi connectivity index (χ3n) is 5.74. The van der Waals surface area contributed by atoms with E-state index < -0.39 is 0 Å². The molecule has 0 aliphatic carbocycles. The van der Waals surface area contributed by atoms with Crippen LogP contribution in [0.5, 0.6) is 17.2 Å². The van der Waals surface area contributed by atoms with Crippen molar-refractivity contribution >= 4 is 0 Å². The van der Waals surface area contributed by atoms with Crippen molar-refractivity contribution in [1.82, 2.24) is 10.2 Å². The zero-order valence-electron chi connectivity index (χ0n) is 19.1. The Balaban J connectivity index is 1.60. The number of fused-ring (bicyclic) bond motifs is 1. The Morgan fingerprint density at radius 1 is 0.938 bits per heavy atom. The van der Waals surface area contributed by atoms with E-state index in [4.69, 9.17) is 14.2 Å². The van der Waals surface area contributed by atoms with E-state index in [1.54, 1.807) is 7.11 Å². The SMILES string of the molecule is COc1cccc(C2NCCc3cc(OCCN(C)C)ccc32)c1OCc1ccccc1. The number of methoxy groups -OCH3 is 1. The zero-order chi connectivity index (χ0) is 22.3. The first-order valence-electron chi connectivity index (χ1n) is 11.1. The van der Waals surface area contributed by atoms with E-state index in [9.17, 15) is 0 Å². The van der Waals surface area contributed by atoms with E-state index in [2.05, 4.69) is 60.7 Å². The number of rotatable bonds is 9. The van der Waals surface area contributed by atoms with Crippen molar-refractivity contribution in [2.45, 2.75) is 19.1 Å². The van der Waals surface area contributed by atoms with Gasteiger partial charge in [-0.15, -0.1) is 0 Å². The molecule has 0 aromatic heterocycles. The highest BCUT2D eigenvalue weighted by atomic mass is 16.5. The lowest BCUT2D eigenvalue weighted by Gasteiger charge is -2.29. The average molecular weight is 433 g/mol. The maximum absolute atomic E-state index is 6.32. The number of hydrogen-bond donors (Lipinski definition) is 1. The Morgan fingerprint density at radius 2 is 1.78 bits per heavy atom. The van der Waals surface area contributed by atoms with Gasteiger partial charge in [0.2, 0.25) is 0 Å². The smallest absolute Gasteiger partial charge is 0.166 e. The van der Waals surface area contributed by atoms with Gasteiger partial charge in [0.15, 0.2) is 11.5 Å². The Bertz CT molecular complexity index is 1020. The second-order valence-corrected chi connectivity index (χ2v) is 8.30. The van der Waals surface area contributed by atoms with E-state index in [1.165, 1.54) is 11.1 Å². The minimum Gasteiger partial charge on any atom is -0.493 e. The molecule has 5 heteroatoms. The number of benzene rings is 3. The summed E-state index contributed by atoms with van der Waals surface area (Å²) < 4.78 is 17.9. The van der Waals surface area contributed by atoms with Crippen LogP contribution in [-0.2, 0) is 13.0 Å². The molecule has 0 fully saturated rings. The topological polar surface area (TPSA) is 43.0 Å². The normalized spacial score (nSPS) is 15.3. The quantitative estimate of drug-likeness (QED) is 0.541. The Labute approximate surface area is 190 Å². The monoisotopic (exact) mass is 432 g/mol. The van der Waals surface area contributed by atoms with Crippen LogP contribution in [0, 0.1) is 0 Å². The molecule has 0 bridgehead atoms. The molecular weight excluding hydrogens is 400 g/mol. The van der Waals surface area contributed by atoms with E-state index >= 15 is 0 Å². The second-order valence-electron chi connectivity index (χ2n) is 8.30. The molecule has 0 radical (unpaired) electrons. The molecule has 5 nitrogen and oxygen atoms in total. The summed E-state index contributed by atoms with van der Waals surface area (Å²) in [6, 6.07) is 22.8. The second kappa shape index (κ2) is 10.5. The standard InChI is InChI=1S/C27H32N2O3/c1-29(2)16-17-31-22-12-13-23-21(18-22)14-15-28-26(23)24-10-7-11-25(30-3)27(24)32-19-20-8-5-4-6-9-20/h4-13,18,26,28H,14-17,19H2,1-3H3. The van der Waals surface area contributed by atoms with Gasteiger partial charge in [0.05, 0.1) is 13.2 Å². The summed E-state index contributed by atoms with van der Waals surface area (Å²) in [6.45, 7) is 2.97. The molecular formula is C27H32N2O3. The molecule has 1 N–H and O–H groups in total. The summed E-state index contributed by atoms with van der Waals surface area (Å²) in [7, 11) is 5.80. The number of nitrogens with zero attached hydrogens (tertiary/aromatic N) is 1. The van der Waals surface area contributed by atoms with Crippen LogP contribution in [0.15, 0.2) is 66.7 Å². The Hall–Kier alpha value is -3.02. The molecule has 1 atom stereocenters. The van der Waals surface area contributed by atoms with Crippen LogP contribution in [0.1, 0.15) is 28.3 Å². The highest BCUT2D eigenvalue weighted by molar-refractivity contribution is 5.53. The van der Waals surface area contributed by atoms with Crippen molar-refractivity contribution in [3.63, 3.8) is 0 Å². The molecule has 1 aliphatic heterocycles. The van der Waals surface area contributed by atoms with Crippen LogP contribution in [0.3, 0.4) is 0 Å². The predicted molar refractivity (Wildman–Crippen MR) is 128 cm³/mol. The first-order chi connectivity index (χ1) is 15.7. The molecule has 1 unspecified atom stereocenters. The van der Waals surface area contributed by atoms with Crippen LogP contribution in [0.4, 0.5) is 0 Å². The van der Waals surface area contributed by atoms with Gasteiger partial charge in [0, 0.05) is 18.7 Å². The van der Waals surface area contributed by atoms with Gasteiger partial charge in [0.25, 0.3) is 0 Å². The fourth-order valence-electron chi connectivity index (χ4n) is 4.06. The number of ether oxygens (including phenoxy) is 3. The molecule has 0 saturated heterocycles. The van der Waals surface area contributed by atoms with Crippen molar-refractivity contribution in [2.24, 2.45) is 0 Å². The molecule has 0 spiro atoms. The summed E-state index contributed by atoms with van der Waals surface area (Å²) in [5.41, 5.74) is 4.78. The van der Waals surface area contributed by atoms with Gasteiger partial charge in [0.1, 0.15) is 19.0 Å². The molecule has 168 valence electrons. The molecule has 32 heavy (non-hydrogen) atoms. The van der Waals surface area contributed by atoms with E-state index in [1.807, 2.05) is 30.3 Å². The van der Waals surface area contributed by atoms with Crippen LogP contribution in [0.2, 0.25) is 0 Å². The lowest BCUT2D eigenvalue weighted by molar-refractivity contribution is 0.261. The Kier molecular flexibility index (Phi) is 7.30. The Morgan fingerprint density at radius 3 is 2.56 bits per heavy atom. The fourth-order valence-corrected chi connectivity index (χ4v) is 4.06. The van der Waals surface area contributed by atoms with Crippen LogP contribution < -0.4 is 19.5 Å². The highest BCUT2D eigenvalue weighted by Gasteiger charge is 2.26. The van der Waals surface area contributed by atoms with Crippen LogP contribution >= 0.6 is 0 Å². The van der Waals surface area contributed by atoms with Gasteiger partial charge < -0.3 is 24.4 Å². The molecule has 3 aromatic carbocycles. The summed E-state index contributed by atoms with van der Waals surface area (Å²) in [5, 5.41) is 3.68. The van der Waals surface area contributed by atoms with Gasteiger partial charge in [-0.1, -0.05) is 48.5 Å². The molecule has 4 rings (SSSR count). The molecule has 0 amide bonds. The number of hydrogen-bond acceptors (Lipinski definition) is 5. The van der Waals surface area contributed by atoms with Crippen LogP contribution in [-0.4, -0.2) is 45.8 Å².